The maximum Gasteiger partial charge on any atom is 0.255 e. The molecule has 0 aliphatic rings. The third kappa shape index (κ3) is 3.54. The first-order valence-corrected chi connectivity index (χ1v) is 7.64. The van der Waals surface area contributed by atoms with Gasteiger partial charge in [-0.05, 0) is 43.5 Å². The van der Waals surface area contributed by atoms with E-state index >= 15 is 0 Å². The average molecular weight is 287 g/mol. The summed E-state index contributed by atoms with van der Waals surface area (Å²) in [7, 11) is 0. The molecule has 0 heterocycles. The first kappa shape index (κ1) is 14.5. The zero-order chi connectivity index (χ0) is 14.4. The molecule has 0 atom stereocenters. The number of nitrogens with one attached hydrogen (secondary N) is 1. The van der Waals surface area contributed by atoms with Crippen LogP contribution in [0.4, 0.5) is 5.69 Å². The summed E-state index contributed by atoms with van der Waals surface area (Å²) in [5.41, 5.74) is 1.45. The molecule has 0 aromatic heterocycles. The van der Waals surface area contributed by atoms with Gasteiger partial charge in [0.25, 0.3) is 5.91 Å². The van der Waals surface area contributed by atoms with Crippen LogP contribution in [0, 0.1) is 0 Å². The lowest BCUT2D eigenvalue weighted by Gasteiger charge is -2.11. The summed E-state index contributed by atoms with van der Waals surface area (Å²) in [6.45, 7) is 2.58. The highest BCUT2D eigenvalue weighted by Gasteiger charge is 2.09. The topological polar surface area (TPSA) is 38.3 Å². The lowest BCUT2D eigenvalue weighted by atomic mass is 10.2. The fraction of sp³-hybridized carbons (Fsp3) is 0.188. The fourth-order valence-corrected chi connectivity index (χ4v) is 2.39. The molecular weight excluding hydrogens is 270 g/mol. The molecular formula is C16H17NO2S. The van der Waals surface area contributed by atoms with Gasteiger partial charge in [0.1, 0.15) is 5.75 Å². The summed E-state index contributed by atoms with van der Waals surface area (Å²) in [5, 5.41) is 2.93. The van der Waals surface area contributed by atoms with Gasteiger partial charge in [-0.15, -0.1) is 11.8 Å². The molecule has 0 spiro atoms. The molecule has 2 aromatic rings. The van der Waals surface area contributed by atoms with Gasteiger partial charge in [-0.2, -0.15) is 0 Å². The van der Waals surface area contributed by atoms with Crippen LogP contribution in [0.2, 0.25) is 0 Å². The summed E-state index contributed by atoms with van der Waals surface area (Å²) in [6.07, 6.45) is 1.98. The van der Waals surface area contributed by atoms with Gasteiger partial charge in [-0.1, -0.05) is 18.2 Å². The van der Waals surface area contributed by atoms with Crippen LogP contribution in [0.3, 0.4) is 0 Å². The first-order chi connectivity index (χ1) is 9.74. The van der Waals surface area contributed by atoms with E-state index in [1.807, 2.05) is 49.6 Å². The number of benzene rings is 2. The van der Waals surface area contributed by atoms with Crippen molar-refractivity contribution in [2.24, 2.45) is 0 Å². The molecule has 0 saturated carbocycles. The van der Waals surface area contributed by atoms with Crippen LogP contribution in [0.15, 0.2) is 53.4 Å². The van der Waals surface area contributed by atoms with Gasteiger partial charge >= 0.3 is 0 Å². The minimum Gasteiger partial charge on any atom is -0.494 e. The zero-order valence-corrected chi connectivity index (χ0v) is 12.4. The van der Waals surface area contributed by atoms with Crippen molar-refractivity contribution in [1.82, 2.24) is 0 Å². The number of carbonyl (C=O) groups excluding carboxylic acids is 1. The van der Waals surface area contributed by atoms with E-state index in [0.717, 1.165) is 16.3 Å². The number of hydrogen-bond donors (Lipinski definition) is 1. The van der Waals surface area contributed by atoms with Gasteiger partial charge < -0.3 is 10.1 Å². The molecule has 0 fully saturated rings. The van der Waals surface area contributed by atoms with Gasteiger partial charge in [0.15, 0.2) is 0 Å². The van der Waals surface area contributed by atoms with Crippen LogP contribution in [-0.2, 0) is 0 Å². The lowest BCUT2D eigenvalue weighted by Crippen LogP contribution is -2.12. The Bertz CT molecular complexity index is 584. The molecule has 0 unspecified atom stereocenters. The van der Waals surface area contributed by atoms with Crippen LogP contribution < -0.4 is 10.1 Å². The molecule has 2 rings (SSSR count). The smallest absolute Gasteiger partial charge is 0.255 e. The van der Waals surface area contributed by atoms with Gasteiger partial charge in [-0.3, -0.25) is 4.79 Å². The second-order valence-corrected chi connectivity index (χ2v) is 4.96. The van der Waals surface area contributed by atoms with Crippen LogP contribution >= 0.6 is 11.8 Å². The molecule has 0 aliphatic carbocycles. The van der Waals surface area contributed by atoms with E-state index in [9.17, 15) is 4.79 Å². The van der Waals surface area contributed by atoms with E-state index in [-0.39, 0.29) is 5.91 Å². The Morgan fingerprint density at radius 1 is 1.20 bits per heavy atom. The number of thioether (sulfide) groups is 1. The number of amides is 1. The Morgan fingerprint density at radius 3 is 2.60 bits per heavy atom. The molecule has 0 saturated heterocycles. The predicted octanol–water partition coefficient (Wildman–Crippen LogP) is 4.06. The molecule has 0 radical (unpaired) electrons. The molecule has 0 bridgehead atoms. The van der Waals surface area contributed by atoms with Crippen molar-refractivity contribution in [3.63, 3.8) is 0 Å². The van der Waals surface area contributed by atoms with Crippen LogP contribution in [0.25, 0.3) is 0 Å². The monoisotopic (exact) mass is 287 g/mol. The van der Waals surface area contributed by atoms with Gasteiger partial charge in [0.2, 0.25) is 0 Å². The van der Waals surface area contributed by atoms with Crippen LogP contribution in [-0.4, -0.2) is 18.8 Å². The highest BCUT2D eigenvalue weighted by atomic mass is 32.2. The lowest BCUT2D eigenvalue weighted by molar-refractivity contribution is 0.102. The highest BCUT2D eigenvalue weighted by Crippen LogP contribution is 2.30. The third-order valence-electron chi connectivity index (χ3n) is 2.77. The van der Waals surface area contributed by atoms with E-state index in [0.29, 0.717) is 12.2 Å². The molecule has 2 aromatic carbocycles. The van der Waals surface area contributed by atoms with Crippen LogP contribution in [0.5, 0.6) is 5.75 Å². The molecule has 4 heteroatoms. The van der Waals surface area contributed by atoms with Crippen molar-refractivity contribution in [3.8, 4) is 5.75 Å². The third-order valence-corrected chi connectivity index (χ3v) is 3.55. The van der Waals surface area contributed by atoms with Crippen molar-refractivity contribution in [2.75, 3.05) is 18.2 Å². The van der Waals surface area contributed by atoms with Crippen molar-refractivity contribution in [2.45, 2.75) is 11.8 Å². The maximum absolute atomic E-state index is 12.1. The molecule has 104 valence electrons. The second kappa shape index (κ2) is 7.01. The largest absolute Gasteiger partial charge is 0.494 e. The standard InChI is InChI=1S/C16H17NO2S/c1-3-19-13-9-10-14(15(11-13)20-2)17-16(18)12-7-5-4-6-8-12/h4-11H,3H2,1-2H3,(H,17,18). The zero-order valence-electron chi connectivity index (χ0n) is 11.6. The van der Waals surface area contributed by atoms with E-state index in [4.69, 9.17) is 4.74 Å². The van der Waals surface area contributed by atoms with E-state index in [2.05, 4.69) is 5.32 Å². The van der Waals surface area contributed by atoms with Crippen molar-refractivity contribution >= 4 is 23.4 Å². The Labute approximate surface area is 123 Å². The quantitative estimate of drug-likeness (QED) is 0.843. The van der Waals surface area contributed by atoms with Gasteiger partial charge in [-0.25, -0.2) is 0 Å². The molecule has 1 amide bonds. The van der Waals surface area contributed by atoms with E-state index in [1.165, 1.54) is 0 Å². The fourth-order valence-electron chi connectivity index (χ4n) is 1.82. The molecule has 3 nitrogen and oxygen atoms in total. The maximum atomic E-state index is 12.1. The Kier molecular flexibility index (Phi) is 5.07. The number of ether oxygens (including phenoxy) is 1. The van der Waals surface area contributed by atoms with Gasteiger partial charge in [0.05, 0.1) is 12.3 Å². The number of anilines is 1. The minimum absolute atomic E-state index is 0.106. The predicted molar refractivity (Wildman–Crippen MR) is 83.8 cm³/mol. The number of rotatable bonds is 5. The highest BCUT2D eigenvalue weighted by molar-refractivity contribution is 7.98. The van der Waals surface area contributed by atoms with Crippen molar-refractivity contribution in [1.29, 1.82) is 0 Å². The Hall–Kier alpha value is -1.94. The van der Waals surface area contributed by atoms with Gasteiger partial charge in [0, 0.05) is 10.5 Å². The Morgan fingerprint density at radius 2 is 1.95 bits per heavy atom. The number of hydrogen-bond acceptors (Lipinski definition) is 3. The van der Waals surface area contributed by atoms with Crippen LogP contribution in [0.1, 0.15) is 17.3 Å². The molecule has 20 heavy (non-hydrogen) atoms. The SMILES string of the molecule is CCOc1ccc(NC(=O)c2ccccc2)c(SC)c1. The summed E-state index contributed by atoms with van der Waals surface area (Å²) in [5.74, 6) is 0.708. The summed E-state index contributed by atoms with van der Waals surface area (Å²) in [6, 6.07) is 14.9. The normalized spacial score (nSPS) is 10.1. The van der Waals surface area contributed by atoms with Crippen molar-refractivity contribution in [3.05, 3.63) is 54.1 Å². The van der Waals surface area contributed by atoms with E-state index < -0.39 is 0 Å². The molecule has 0 aliphatic heterocycles. The average Bonchev–Trinajstić information content (AvgIpc) is 2.50. The molecule has 1 N–H and O–H groups in total. The second-order valence-electron chi connectivity index (χ2n) is 4.12. The number of carbonyl (C=O) groups is 1. The first-order valence-electron chi connectivity index (χ1n) is 6.42. The van der Waals surface area contributed by atoms with E-state index in [1.54, 1.807) is 23.9 Å². The summed E-state index contributed by atoms with van der Waals surface area (Å²) >= 11 is 1.58. The minimum atomic E-state index is -0.106. The summed E-state index contributed by atoms with van der Waals surface area (Å²) in [4.78, 5) is 13.1. The van der Waals surface area contributed by atoms with Crippen molar-refractivity contribution < 1.29 is 9.53 Å². The Balaban J connectivity index is 2.18. The summed E-state index contributed by atoms with van der Waals surface area (Å²) < 4.78 is 5.47.